The highest BCUT2D eigenvalue weighted by Crippen LogP contribution is 2.18. The molecular formula is C54H99NO5. The monoisotopic (exact) mass is 842 g/mol. The molecule has 0 saturated carbocycles. The SMILES string of the molecule is CC/C=C/C/C=C/C/C=C/CCCCCCC(=O)OC(CCCCCCCCC/C=C/CCCCCCCC)CC(=O)NC(CO)C(O)CCCCCCCCCCCC. The number of unbranched alkanes of at least 4 members (excludes halogenated alkanes) is 26. The quantitative estimate of drug-likeness (QED) is 0.0322. The molecule has 0 fully saturated rings. The molecule has 3 N–H and O–H groups in total. The molecule has 0 aliphatic heterocycles. The van der Waals surface area contributed by atoms with E-state index < -0.39 is 18.2 Å². The summed E-state index contributed by atoms with van der Waals surface area (Å²) in [6.45, 7) is 6.36. The van der Waals surface area contributed by atoms with Gasteiger partial charge in [-0.25, -0.2) is 0 Å². The Morgan fingerprint density at radius 3 is 1.38 bits per heavy atom. The summed E-state index contributed by atoms with van der Waals surface area (Å²) in [6, 6.07) is -0.706. The molecule has 0 aromatic carbocycles. The van der Waals surface area contributed by atoms with E-state index in [4.69, 9.17) is 4.74 Å². The van der Waals surface area contributed by atoms with E-state index in [0.717, 1.165) is 89.9 Å². The number of carbonyl (C=O) groups excluding carboxylic acids is 2. The van der Waals surface area contributed by atoms with Gasteiger partial charge >= 0.3 is 5.97 Å². The Morgan fingerprint density at radius 2 is 0.900 bits per heavy atom. The Hall–Kier alpha value is -2.18. The van der Waals surface area contributed by atoms with Crippen LogP contribution in [-0.4, -0.2) is 46.9 Å². The zero-order chi connectivity index (χ0) is 43.8. The van der Waals surface area contributed by atoms with E-state index in [1.165, 1.54) is 122 Å². The highest BCUT2D eigenvalue weighted by molar-refractivity contribution is 5.77. The lowest BCUT2D eigenvalue weighted by atomic mass is 10.0. The van der Waals surface area contributed by atoms with Crippen molar-refractivity contribution in [2.75, 3.05) is 6.61 Å². The summed E-state index contributed by atoms with van der Waals surface area (Å²) in [4.78, 5) is 26.1. The number of allylic oxidation sites excluding steroid dienone is 8. The fraction of sp³-hybridized carbons (Fsp3) is 0.815. The minimum absolute atomic E-state index is 0.0660. The van der Waals surface area contributed by atoms with Gasteiger partial charge in [0.25, 0.3) is 0 Å². The lowest BCUT2D eigenvalue weighted by Crippen LogP contribution is -2.46. The van der Waals surface area contributed by atoms with E-state index in [0.29, 0.717) is 19.3 Å². The summed E-state index contributed by atoms with van der Waals surface area (Å²) in [5, 5.41) is 23.7. The number of hydrogen-bond acceptors (Lipinski definition) is 5. The van der Waals surface area contributed by atoms with E-state index in [-0.39, 0.29) is 24.9 Å². The molecule has 0 aromatic heterocycles. The minimum atomic E-state index is -0.791. The zero-order valence-electron chi connectivity index (χ0n) is 39.8. The summed E-state index contributed by atoms with van der Waals surface area (Å²) in [6.07, 6.45) is 57.4. The molecule has 3 atom stereocenters. The van der Waals surface area contributed by atoms with E-state index >= 15 is 0 Å². The van der Waals surface area contributed by atoms with Crippen LogP contribution in [0.15, 0.2) is 48.6 Å². The average Bonchev–Trinajstić information content (AvgIpc) is 3.24. The van der Waals surface area contributed by atoms with Gasteiger partial charge < -0.3 is 20.3 Å². The number of ether oxygens (including phenoxy) is 1. The van der Waals surface area contributed by atoms with Crippen LogP contribution in [0, 0.1) is 0 Å². The van der Waals surface area contributed by atoms with Crippen molar-refractivity contribution in [2.45, 2.75) is 277 Å². The minimum Gasteiger partial charge on any atom is -0.462 e. The first-order chi connectivity index (χ1) is 29.5. The smallest absolute Gasteiger partial charge is 0.306 e. The molecule has 350 valence electrons. The fourth-order valence-corrected chi connectivity index (χ4v) is 7.73. The Kier molecular flexibility index (Phi) is 46.1. The van der Waals surface area contributed by atoms with Crippen LogP contribution in [0.2, 0.25) is 0 Å². The van der Waals surface area contributed by atoms with Gasteiger partial charge in [-0.2, -0.15) is 0 Å². The number of carbonyl (C=O) groups is 2. The van der Waals surface area contributed by atoms with Crippen molar-refractivity contribution in [1.29, 1.82) is 0 Å². The van der Waals surface area contributed by atoms with Crippen molar-refractivity contribution in [2.24, 2.45) is 0 Å². The standard InChI is InChI=1S/C54H99NO5/c1-4-7-10-13-16-19-22-24-26-27-28-29-31-33-36-39-42-45-50(60-54(59)47-44-41-38-35-32-30-25-23-20-17-14-11-8-5-2)48-53(58)55-51(49-56)52(57)46-43-40-37-34-21-18-15-12-9-6-3/h8,11,17,20,24-26,30,50-52,56-57H,4-7,9-10,12-16,18-19,21-23,27-29,31-49H2,1-3H3,(H,55,58)/b11-8+,20-17+,26-24+,30-25+. The van der Waals surface area contributed by atoms with Crippen molar-refractivity contribution in [1.82, 2.24) is 5.32 Å². The molecule has 0 aliphatic carbocycles. The van der Waals surface area contributed by atoms with Crippen LogP contribution in [0.25, 0.3) is 0 Å². The molecule has 3 unspecified atom stereocenters. The number of aliphatic hydroxyl groups is 2. The Balaban J connectivity index is 4.61. The van der Waals surface area contributed by atoms with Crippen LogP contribution in [0.3, 0.4) is 0 Å². The van der Waals surface area contributed by atoms with Crippen molar-refractivity contribution in [3.63, 3.8) is 0 Å². The molecule has 60 heavy (non-hydrogen) atoms. The van der Waals surface area contributed by atoms with Crippen LogP contribution in [-0.2, 0) is 14.3 Å². The van der Waals surface area contributed by atoms with E-state index in [1.54, 1.807) is 0 Å². The van der Waals surface area contributed by atoms with Gasteiger partial charge in [-0.15, -0.1) is 0 Å². The van der Waals surface area contributed by atoms with Crippen LogP contribution in [0.5, 0.6) is 0 Å². The number of hydrogen-bond donors (Lipinski definition) is 3. The summed E-state index contributed by atoms with van der Waals surface area (Å²) in [5.74, 6) is -0.499. The maximum Gasteiger partial charge on any atom is 0.306 e. The van der Waals surface area contributed by atoms with Crippen LogP contribution in [0.1, 0.15) is 258 Å². The molecule has 6 heteroatoms. The van der Waals surface area contributed by atoms with Gasteiger partial charge in [0.2, 0.25) is 5.91 Å². The summed E-state index contributed by atoms with van der Waals surface area (Å²) >= 11 is 0. The second kappa shape index (κ2) is 47.9. The molecule has 0 spiro atoms. The summed E-state index contributed by atoms with van der Waals surface area (Å²) < 4.78 is 5.93. The maximum absolute atomic E-state index is 13.2. The Morgan fingerprint density at radius 1 is 0.500 bits per heavy atom. The fourth-order valence-electron chi connectivity index (χ4n) is 7.73. The highest BCUT2D eigenvalue weighted by Gasteiger charge is 2.24. The molecule has 0 saturated heterocycles. The number of aliphatic hydroxyl groups excluding tert-OH is 2. The normalized spacial score (nSPS) is 13.6. The topological polar surface area (TPSA) is 95.9 Å². The number of amides is 1. The molecule has 1 amide bonds. The number of esters is 1. The molecule has 0 aromatic rings. The van der Waals surface area contributed by atoms with Gasteiger partial charge in [0.15, 0.2) is 0 Å². The lowest BCUT2D eigenvalue weighted by molar-refractivity contribution is -0.151. The van der Waals surface area contributed by atoms with Gasteiger partial charge in [0, 0.05) is 6.42 Å². The first-order valence-electron chi connectivity index (χ1n) is 25.9. The number of nitrogens with one attached hydrogen (secondary N) is 1. The van der Waals surface area contributed by atoms with Crippen LogP contribution < -0.4 is 5.32 Å². The third-order valence-corrected chi connectivity index (χ3v) is 11.6. The first kappa shape index (κ1) is 57.8. The third kappa shape index (κ3) is 42.5. The van der Waals surface area contributed by atoms with Gasteiger partial charge in [-0.3, -0.25) is 9.59 Å². The van der Waals surface area contributed by atoms with Crippen molar-refractivity contribution >= 4 is 11.9 Å². The van der Waals surface area contributed by atoms with Gasteiger partial charge in [-0.1, -0.05) is 211 Å². The van der Waals surface area contributed by atoms with E-state index in [2.05, 4.69) is 74.7 Å². The molecule has 0 bridgehead atoms. The lowest BCUT2D eigenvalue weighted by Gasteiger charge is -2.24. The van der Waals surface area contributed by atoms with Crippen LogP contribution >= 0.6 is 0 Å². The molecule has 0 aliphatic rings. The van der Waals surface area contributed by atoms with E-state index in [9.17, 15) is 19.8 Å². The predicted octanol–water partition coefficient (Wildman–Crippen LogP) is 15.5. The molecule has 0 rings (SSSR count). The largest absolute Gasteiger partial charge is 0.462 e. The van der Waals surface area contributed by atoms with E-state index in [1.807, 2.05) is 0 Å². The van der Waals surface area contributed by atoms with Crippen molar-refractivity contribution in [3.05, 3.63) is 48.6 Å². The van der Waals surface area contributed by atoms with Gasteiger partial charge in [-0.05, 0) is 83.5 Å². The highest BCUT2D eigenvalue weighted by atomic mass is 16.5. The predicted molar refractivity (Wildman–Crippen MR) is 259 cm³/mol. The van der Waals surface area contributed by atoms with Gasteiger partial charge in [0.1, 0.15) is 6.10 Å². The first-order valence-corrected chi connectivity index (χ1v) is 25.9. The Labute approximate surface area is 372 Å². The second-order valence-corrected chi connectivity index (χ2v) is 17.5. The van der Waals surface area contributed by atoms with Gasteiger partial charge in [0.05, 0.1) is 25.2 Å². The van der Waals surface area contributed by atoms with Crippen LogP contribution in [0.4, 0.5) is 0 Å². The Bertz CT molecular complexity index is 1040. The molecule has 6 nitrogen and oxygen atoms in total. The van der Waals surface area contributed by atoms with Crippen molar-refractivity contribution < 1.29 is 24.5 Å². The number of rotatable bonds is 46. The molecular weight excluding hydrogens is 743 g/mol. The average molecular weight is 842 g/mol. The summed E-state index contributed by atoms with van der Waals surface area (Å²) in [5.41, 5.74) is 0. The third-order valence-electron chi connectivity index (χ3n) is 11.6. The van der Waals surface area contributed by atoms with Crippen molar-refractivity contribution in [3.8, 4) is 0 Å². The second-order valence-electron chi connectivity index (χ2n) is 17.5. The summed E-state index contributed by atoms with van der Waals surface area (Å²) in [7, 11) is 0. The molecule has 0 radical (unpaired) electrons. The zero-order valence-corrected chi connectivity index (χ0v) is 39.8. The maximum atomic E-state index is 13.2. The molecule has 0 heterocycles.